The predicted octanol–water partition coefficient (Wildman–Crippen LogP) is 2.43. The molecule has 20 heavy (non-hydrogen) atoms. The maximum absolute atomic E-state index is 5.92. The summed E-state index contributed by atoms with van der Waals surface area (Å²) in [6, 6.07) is 6.36. The first-order valence-electron chi connectivity index (χ1n) is 6.71. The van der Waals surface area contributed by atoms with Gasteiger partial charge in [-0.05, 0) is 32.4 Å². The lowest BCUT2D eigenvalue weighted by atomic mass is 10.0. The molecule has 0 unspecified atom stereocenters. The molecule has 5 nitrogen and oxygen atoms in total. The molecule has 3 rings (SSSR count). The first-order chi connectivity index (χ1) is 9.53. The molecule has 0 fully saturated rings. The zero-order chi connectivity index (χ0) is 14.3. The SMILES string of the molecule is Cc1cn(C(C)(C)CN)c2cc(-c3cn[nH]n3)ccc12. The van der Waals surface area contributed by atoms with Crippen LogP contribution in [0.3, 0.4) is 0 Å². The summed E-state index contributed by atoms with van der Waals surface area (Å²) in [5, 5.41) is 11.9. The average molecular weight is 269 g/mol. The van der Waals surface area contributed by atoms with Gasteiger partial charge in [0.15, 0.2) is 0 Å². The molecule has 0 radical (unpaired) electrons. The molecule has 2 heterocycles. The fourth-order valence-corrected chi connectivity index (χ4v) is 2.50. The van der Waals surface area contributed by atoms with Gasteiger partial charge in [0.25, 0.3) is 0 Å². The van der Waals surface area contributed by atoms with Crippen molar-refractivity contribution < 1.29 is 0 Å². The minimum Gasteiger partial charge on any atom is -0.340 e. The molecule has 1 aromatic carbocycles. The van der Waals surface area contributed by atoms with Crippen LogP contribution in [0.25, 0.3) is 22.2 Å². The summed E-state index contributed by atoms with van der Waals surface area (Å²) in [6.07, 6.45) is 3.90. The fraction of sp³-hybridized carbons (Fsp3) is 0.333. The molecule has 0 atom stereocenters. The first-order valence-corrected chi connectivity index (χ1v) is 6.71. The highest BCUT2D eigenvalue weighted by atomic mass is 15.3. The van der Waals surface area contributed by atoms with Gasteiger partial charge in [0.05, 0.1) is 11.7 Å². The Labute approximate surface area is 117 Å². The lowest BCUT2D eigenvalue weighted by Gasteiger charge is -2.26. The van der Waals surface area contributed by atoms with Crippen molar-refractivity contribution in [1.29, 1.82) is 0 Å². The number of aromatic amines is 1. The standard InChI is InChI=1S/C15H19N5/c1-10-8-20(15(2,3)9-16)14-6-11(4-5-12(10)14)13-7-17-19-18-13/h4-8H,9,16H2,1-3H3,(H,17,18,19). The number of rotatable bonds is 3. The summed E-state index contributed by atoms with van der Waals surface area (Å²) >= 11 is 0. The van der Waals surface area contributed by atoms with Crippen molar-refractivity contribution in [1.82, 2.24) is 20.0 Å². The van der Waals surface area contributed by atoms with Gasteiger partial charge in [-0.3, -0.25) is 0 Å². The fourth-order valence-electron chi connectivity index (χ4n) is 2.50. The highest BCUT2D eigenvalue weighted by Gasteiger charge is 2.21. The summed E-state index contributed by atoms with van der Waals surface area (Å²) in [5.41, 5.74) is 10.1. The Bertz CT molecular complexity index is 737. The molecule has 3 N–H and O–H groups in total. The third-order valence-electron chi connectivity index (χ3n) is 3.87. The Balaban J connectivity index is 2.25. The smallest absolute Gasteiger partial charge is 0.112 e. The Hall–Kier alpha value is -2.14. The molecule has 0 aliphatic rings. The van der Waals surface area contributed by atoms with Crippen LogP contribution in [0, 0.1) is 6.92 Å². The summed E-state index contributed by atoms with van der Waals surface area (Å²) < 4.78 is 2.25. The van der Waals surface area contributed by atoms with E-state index in [4.69, 9.17) is 5.73 Å². The zero-order valence-electron chi connectivity index (χ0n) is 12.0. The van der Waals surface area contributed by atoms with Gasteiger partial charge in [-0.25, -0.2) is 0 Å². The number of nitrogens with zero attached hydrogens (tertiary/aromatic N) is 3. The molecule has 2 aromatic heterocycles. The van der Waals surface area contributed by atoms with E-state index in [1.54, 1.807) is 6.20 Å². The molecule has 0 aliphatic heterocycles. The van der Waals surface area contributed by atoms with Crippen molar-refractivity contribution >= 4 is 10.9 Å². The van der Waals surface area contributed by atoms with Gasteiger partial charge in [-0.2, -0.15) is 15.4 Å². The number of aromatic nitrogens is 4. The Morgan fingerprint density at radius 3 is 2.80 bits per heavy atom. The number of aryl methyl sites for hydroxylation is 1. The van der Waals surface area contributed by atoms with E-state index in [9.17, 15) is 0 Å². The largest absolute Gasteiger partial charge is 0.340 e. The second kappa shape index (κ2) is 4.45. The lowest BCUT2D eigenvalue weighted by Crippen LogP contribution is -2.34. The topological polar surface area (TPSA) is 72.5 Å². The van der Waals surface area contributed by atoms with Crippen LogP contribution in [-0.2, 0) is 5.54 Å². The van der Waals surface area contributed by atoms with Crippen molar-refractivity contribution in [2.75, 3.05) is 6.54 Å². The van der Waals surface area contributed by atoms with Crippen LogP contribution < -0.4 is 5.73 Å². The average Bonchev–Trinajstić information content (AvgIpc) is 3.07. The van der Waals surface area contributed by atoms with E-state index >= 15 is 0 Å². The molecule has 5 heteroatoms. The molecule has 0 amide bonds. The molecular weight excluding hydrogens is 250 g/mol. The van der Waals surface area contributed by atoms with Gasteiger partial charge in [0.1, 0.15) is 5.69 Å². The maximum atomic E-state index is 5.92. The molecular formula is C15H19N5. The van der Waals surface area contributed by atoms with E-state index < -0.39 is 0 Å². The molecule has 0 saturated heterocycles. The van der Waals surface area contributed by atoms with E-state index in [0.717, 1.165) is 11.3 Å². The van der Waals surface area contributed by atoms with Crippen LogP contribution in [-0.4, -0.2) is 26.5 Å². The molecule has 0 bridgehead atoms. The number of hydrogen-bond acceptors (Lipinski definition) is 3. The minimum atomic E-state index is -0.116. The van der Waals surface area contributed by atoms with Gasteiger partial charge in [0, 0.05) is 29.2 Å². The van der Waals surface area contributed by atoms with E-state index in [1.165, 1.54) is 16.5 Å². The monoisotopic (exact) mass is 269 g/mol. The highest BCUT2D eigenvalue weighted by Crippen LogP contribution is 2.30. The molecule has 3 aromatic rings. The summed E-state index contributed by atoms with van der Waals surface area (Å²) in [5.74, 6) is 0. The summed E-state index contributed by atoms with van der Waals surface area (Å²) in [4.78, 5) is 0. The Morgan fingerprint density at radius 1 is 1.35 bits per heavy atom. The van der Waals surface area contributed by atoms with Gasteiger partial charge >= 0.3 is 0 Å². The van der Waals surface area contributed by atoms with Crippen LogP contribution in [0.5, 0.6) is 0 Å². The van der Waals surface area contributed by atoms with Crippen molar-refractivity contribution in [2.24, 2.45) is 5.73 Å². The second-order valence-electron chi connectivity index (χ2n) is 5.79. The maximum Gasteiger partial charge on any atom is 0.112 e. The third kappa shape index (κ3) is 1.91. The number of nitrogens with one attached hydrogen (secondary N) is 1. The van der Waals surface area contributed by atoms with Crippen LogP contribution in [0.1, 0.15) is 19.4 Å². The van der Waals surface area contributed by atoms with Crippen LogP contribution in [0.15, 0.2) is 30.6 Å². The van der Waals surface area contributed by atoms with Crippen LogP contribution in [0.4, 0.5) is 0 Å². The first kappa shape index (κ1) is 12.9. The second-order valence-corrected chi connectivity index (χ2v) is 5.79. The third-order valence-corrected chi connectivity index (χ3v) is 3.87. The predicted molar refractivity (Wildman–Crippen MR) is 80.4 cm³/mol. The number of hydrogen-bond donors (Lipinski definition) is 2. The van der Waals surface area contributed by atoms with Crippen molar-refractivity contribution in [3.8, 4) is 11.3 Å². The van der Waals surface area contributed by atoms with E-state index in [1.807, 2.05) is 0 Å². The van der Waals surface area contributed by atoms with Crippen LogP contribution in [0.2, 0.25) is 0 Å². The number of fused-ring (bicyclic) bond motifs is 1. The van der Waals surface area contributed by atoms with Gasteiger partial charge in [0.2, 0.25) is 0 Å². The Kier molecular flexibility index (Phi) is 2.87. The highest BCUT2D eigenvalue weighted by molar-refractivity contribution is 5.87. The summed E-state index contributed by atoms with van der Waals surface area (Å²) in [7, 11) is 0. The van der Waals surface area contributed by atoms with E-state index in [-0.39, 0.29) is 5.54 Å². The van der Waals surface area contributed by atoms with Crippen molar-refractivity contribution in [3.63, 3.8) is 0 Å². The molecule has 0 saturated carbocycles. The lowest BCUT2D eigenvalue weighted by molar-refractivity contribution is 0.379. The minimum absolute atomic E-state index is 0.116. The molecule has 0 aliphatic carbocycles. The quantitative estimate of drug-likeness (QED) is 0.767. The summed E-state index contributed by atoms with van der Waals surface area (Å²) in [6.45, 7) is 7.01. The number of nitrogens with two attached hydrogens (primary N) is 1. The molecule has 104 valence electrons. The van der Waals surface area contributed by atoms with Gasteiger partial charge in [-0.15, -0.1) is 0 Å². The normalized spacial score (nSPS) is 12.2. The van der Waals surface area contributed by atoms with Gasteiger partial charge in [-0.1, -0.05) is 12.1 Å². The zero-order valence-corrected chi connectivity index (χ0v) is 12.0. The number of benzene rings is 1. The number of H-pyrrole nitrogens is 1. The Morgan fingerprint density at radius 2 is 2.15 bits per heavy atom. The van der Waals surface area contributed by atoms with E-state index in [0.29, 0.717) is 6.54 Å². The van der Waals surface area contributed by atoms with Crippen LogP contribution >= 0.6 is 0 Å². The molecule has 0 spiro atoms. The van der Waals surface area contributed by atoms with Crippen molar-refractivity contribution in [2.45, 2.75) is 26.3 Å². The van der Waals surface area contributed by atoms with Crippen molar-refractivity contribution in [3.05, 3.63) is 36.2 Å². The van der Waals surface area contributed by atoms with Gasteiger partial charge < -0.3 is 10.3 Å². The van der Waals surface area contributed by atoms with E-state index in [2.05, 4.69) is 65.1 Å².